The smallest absolute Gasteiger partial charge is 0.345 e. The van der Waals surface area contributed by atoms with Crippen LogP contribution in [0.3, 0.4) is 0 Å². The molecule has 0 aromatic heterocycles. The van der Waals surface area contributed by atoms with Gasteiger partial charge in [-0.15, -0.1) is 0 Å². The number of rotatable bonds is 6. The third-order valence-corrected chi connectivity index (χ3v) is 3.99. The predicted molar refractivity (Wildman–Crippen MR) is 104 cm³/mol. The lowest BCUT2D eigenvalue weighted by molar-refractivity contribution is -0.158. The Hall–Kier alpha value is -3.35. The minimum Gasteiger partial charge on any atom is -0.481 e. The first-order valence-corrected chi connectivity index (χ1v) is 8.79. The molecule has 0 unspecified atom stereocenters. The molecule has 2 N–H and O–H groups in total. The number of carbonyl (C=O) groups excluding carboxylic acids is 3. The largest absolute Gasteiger partial charge is 0.481 e. The van der Waals surface area contributed by atoms with Crippen molar-refractivity contribution in [1.29, 1.82) is 0 Å². The predicted octanol–water partition coefficient (Wildman–Crippen LogP) is 2.73. The van der Waals surface area contributed by atoms with Gasteiger partial charge in [0.2, 0.25) is 6.10 Å². The molecule has 0 radical (unpaired) electrons. The van der Waals surface area contributed by atoms with E-state index in [1.165, 1.54) is 7.05 Å². The second kappa shape index (κ2) is 9.55. The van der Waals surface area contributed by atoms with Crippen LogP contribution in [0, 0.1) is 20.8 Å². The average molecular weight is 384 g/mol. The van der Waals surface area contributed by atoms with Gasteiger partial charge in [0.1, 0.15) is 5.75 Å². The van der Waals surface area contributed by atoms with Crippen LogP contribution in [0.25, 0.3) is 0 Å². The molecule has 0 spiro atoms. The van der Waals surface area contributed by atoms with Crippen molar-refractivity contribution in [2.24, 2.45) is 0 Å². The Balaban J connectivity index is 2.10. The Morgan fingerprint density at radius 2 is 1.61 bits per heavy atom. The number of nitrogens with one attached hydrogen (secondary N) is 2. The highest BCUT2D eigenvalue weighted by atomic mass is 16.6. The zero-order valence-electron chi connectivity index (χ0n) is 16.4. The van der Waals surface area contributed by atoms with Gasteiger partial charge in [-0.2, -0.15) is 0 Å². The highest BCUT2D eigenvalue weighted by Gasteiger charge is 2.26. The Morgan fingerprint density at radius 1 is 1.00 bits per heavy atom. The van der Waals surface area contributed by atoms with Crippen LogP contribution in [0.5, 0.6) is 5.75 Å². The maximum Gasteiger partial charge on any atom is 0.345 e. The number of carbonyl (C=O) groups is 3. The van der Waals surface area contributed by atoms with Gasteiger partial charge in [-0.05, 0) is 31.9 Å². The number of urea groups is 1. The maximum atomic E-state index is 12.4. The van der Waals surface area contributed by atoms with Crippen LogP contribution in [0.15, 0.2) is 42.5 Å². The molecule has 0 aliphatic carbocycles. The Morgan fingerprint density at radius 3 is 2.18 bits per heavy atom. The number of hydrogen-bond donors (Lipinski definition) is 2. The lowest BCUT2D eigenvalue weighted by Gasteiger charge is -2.18. The van der Waals surface area contributed by atoms with Crippen molar-refractivity contribution in [1.82, 2.24) is 10.6 Å². The highest BCUT2D eigenvalue weighted by molar-refractivity contribution is 5.97. The third kappa shape index (κ3) is 5.57. The van der Waals surface area contributed by atoms with Crippen LogP contribution in [0.2, 0.25) is 0 Å². The van der Waals surface area contributed by atoms with E-state index in [4.69, 9.17) is 9.47 Å². The maximum absolute atomic E-state index is 12.4. The van der Waals surface area contributed by atoms with Gasteiger partial charge < -0.3 is 14.8 Å². The van der Waals surface area contributed by atoms with E-state index in [0.29, 0.717) is 11.3 Å². The molecule has 0 bridgehead atoms. The average Bonchev–Trinajstić information content (AvgIpc) is 2.65. The monoisotopic (exact) mass is 384 g/mol. The van der Waals surface area contributed by atoms with E-state index in [2.05, 4.69) is 10.6 Å². The molecule has 7 heteroatoms. The molecular weight excluding hydrogens is 360 g/mol. The molecule has 0 aliphatic rings. The van der Waals surface area contributed by atoms with E-state index in [1.807, 2.05) is 32.9 Å². The third-order valence-electron chi connectivity index (χ3n) is 3.99. The summed E-state index contributed by atoms with van der Waals surface area (Å²) in [7, 11) is 1.38. The van der Waals surface area contributed by atoms with E-state index in [-0.39, 0.29) is 6.61 Å². The van der Waals surface area contributed by atoms with Gasteiger partial charge >= 0.3 is 12.0 Å². The van der Waals surface area contributed by atoms with Gasteiger partial charge in [-0.1, -0.05) is 48.0 Å². The number of ether oxygens (including phenoxy) is 2. The lowest BCUT2D eigenvalue weighted by Crippen LogP contribution is -2.41. The van der Waals surface area contributed by atoms with Crippen molar-refractivity contribution in [3.8, 4) is 5.75 Å². The summed E-state index contributed by atoms with van der Waals surface area (Å²) in [5.41, 5.74) is 3.35. The fourth-order valence-electron chi connectivity index (χ4n) is 2.83. The molecule has 7 nitrogen and oxygen atoms in total. The summed E-state index contributed by atoms with van der Waals surface area (Å²) in [5, 5.41) is 4.41. The van der Waals surface area contributed by atoms with E-state index in [9.17, 15) is 14.4 Å². The van der Waals surface area contributed by atoms with Crippen molar-refractivity contribution in [2.75, 3.05) is 13.7 Å². The summed E-state index contributed by atoms with van der Waals surface area (Å²) < 4.78 is 10.9. The standard InChI is InChI=1S/C21H24N2O5/c1-13-10-14(2)18(15(3)11-13)27-12-17(24)28-19(16-8-6-5-7-9-16)20(25)23-21(26)22-4/h5-11,19H,12H2,1-4H3,(H2,22,23,25,26)/t19-/m0/s1. The number of imide groups is 1. The van der Waals surface area contributed by atoms with Gasteiger partial charge in [-0.25, -0.2) is 9.59 Å². The molecule has 0 aliphatic heterocycles. The van der Waals surface area contributed by atoms with Crippen LogP contribution in [-0.4, -0.2) is 31.6 Å². The second-order valence-corrected chi connectivity index (χ2v) is 6.37. The highest BCUT2D eigenvalue weighted by Crippen LogP contribution is 2.25. The molecule has 2 aromatic rings. The molecule has 148 valence electrons. The summed E-state index contributed by atoms with van der Waals surface area (Å²) in [6.07, 6.45) is -1.27. The number of hydrogen-bond acceptors (Lipinski definition) is 5. The van der Waals surface area contributed by atoms with Crippen molar-refractivity contribution in [3.63, 3.8) is 0 Å². The summed E-state index contributed by atoms with van der Waals surface area (Å²) in [5.74, 6) is -0.865. The van der Waals surface area contributed by atoms with Gasteiger partial charge in [-0.3, -0.25) is 10.1 Å². The fraction of sp³-hybridized carbons (Fsp3) is 0.286. The number of amides is 3. The number of benzene rings is 2. The second-order valence-electron chi connectivity index (χ2n) is 6.37. The summed E-state index contributed by atoms with van der Waals surface area (Å²) in [6, 6.07) is 11.7. The first-order valence-electron chi connectivity index (χ1n) is 8.79. The van der Waals surface area contributed by atoms with E-state index < -0.39 is 24.0 Å². The van der Waals surface area contributed by atoms with Crippen LogP contribution in [0.1, 0.15) is 28.4 Å². The van der Waals surface area contributed by atoms with Crippen LogP contribution in [-0.2, 0) is 14.3 Å². The van der Waals surface area contributed by atoms with E-state index in [1.54, 1.807) is 30.3 Å². The van der Waals surface area contributed by atoms with Gasteiger partial charge in [0, 0.05) is 12.6 Å². The molecule has 0 saturated carbocycles. The molecule has 2 aromatic carbocycles. The van der Waals surface area contributed by atoms with Gasteiger partial charge in [0.25, 0.3) is 5.91 Å². The summed E-state index contributed by atoms with van der Waals surface area (Å²) in [4.78, 5) is 36.1. The normalized spacial score (nSPS) is 11.3. The fourth-order valence-corrected chi connectivity index (χ4v) is 2.83. The van der Waals surface area contributed by atoms with E-state index >= 15 is 0 Å². The Kier molecular flexibility index (Phi) is 7.14. The number of esters is 1. The van der Waals surface area contributed by atoms with Crippen molar-refractivity contribution in [3.05, 3.63) is 64.7 Å². The van der Waals surface area contributed by atoms with Crippen LogP contribution < -0.4 is 15.4 Å². The summed E-state index contributed by atoms with van der Waals surface area (Å²) >= 11 is 0. The van der Waals surface area contributed by atoms with Crippen LogP contribution >= 0.6 is 0 Å². The van der Waals surface area contributed by atoms with E-state index in [0.717, 1.165) is 16.7 Å². The Bertz CT molecular complexity index is 841. The zero-order chi connectivity index (χ0) is 20.7. The molecule has 1 atom stereocenters. The SMILES string of the molecule is CNC(=O)NC(=O)[C@@H](OC(=O)COc1c(C)cc(C)cc1C)c1ccccc1. The molecule has 0 saturated heterocycles. The first kappa shape index (κ1) is 21.0. The topological polar surface area (TPSA) is 93.7 Å². The first-order chi connectivity index (χ1) is 13.3. The lowest BCUT2D eigenvalue weighted by atomic mass is 10.1. The molecule has 0 fully saturated rings. The zero-order valence-corrected chi connectivity index (χ0v) is 16.4. The van der Waals surface area contributed by atoms with Crippen LogP contribution in [0.4, 0.5) is 4.79 Å². The van der Waals surface area contributed by atoms with Gasteiger partial charge in [0.05, 0.1) is 0 Å². The summed E-state index contributed by atoms with van der Waals surface area (Å²) in [6.45, 7) is 5.41. The number of aryl methyl sites for hydroxylation is 3. The minimum atomic E-state index is -1.27. The molecule has 3 amide bonds. The molecular formula is C21H24N2O5. The van der Waals surface area contributed by atoms with Crippen molar-refractivity contribution < 1.29 is 23.9 Å². The quantitative estimate of drug-likeness (QED) is 0.747. The van der Waals surface area contributed by atoms with Gasteiger partial charge in [0.15, 0.2) is 6.61 Å². The molecule has 28 heavy (non-hydrogen) atoms. The minimum absolute atomic E-state index is 0.360. The molecule has 0 heterocycles. The van der Waals surface area contributed by atoms with Crippen molar-refractivity contribution in [2.45, 2.75) is 26.9 Å². The van der Waals surface area contributed by atoms with Crippen molar-refractivity contribution >= 4 is 17.9 Å². The Labute approximate surface area is 164 Å². The molecule has 2 rings (SSSR count).